The molecule has 0 aliphatic carbocycles. The Bertz CT molecular complexity index is 1070. The topological polar surface area (TPSA) is 76.9 Å². The predicted octanol–water partition coefficient (Wildman–Crippen LogP) is 4.50. The van der Waals surface area contributed by atoms with Gasteiger partial charge in [0.2, 0.25) is 0 Å². The minimum atomic E-state index is -1.16. The molecule has 1 aromatic heterocycles. The lowest BCUT2D eigenvalue weighted by Gasteiger charge is -2.24. The second kappa shape index (κ2) is 7.36. The van der Waals surface area contributed by atoms with Crippen molar-refractivity contribution in [2.45, 2.75) is 40.7 Å². The molecule has 0 bridgehead atoms. The van der Waals surface area contributed by atoms with E-state index in [1.165, 1.54) is 4.68 Å². The van der Waals surface area contributed by atoms with Crippen molar-refractivity contribution in [2.75, 3.05) is 5.32 Å². The number of ketones is 1. The Balaban J connectivity index is 2.07. The van der Waals surface area contributed by atoms with Crippen molar-refractivity contribution < 1.29 is 9.59 Å². The Morgan fingerprint density at radius 2 is 1.71 bits per heavy atom. The summed E-state index contributed by atoms with van der Waals surface area (Å²) in [5.74, 6) is -0.763. The van der Waals surface area contributed by atoms with Gasteiger partial charge in [0.25, 0.3) is 5.91 Å². The minimum Gasteiger partial charge on any atom is -0.322 e. The molecular weight excluding hydrogens is 376 g/mol. The zero-order valence-corrected chi connectivity index (χ0v) is 17.3. The van der Waals surface area contributed by atoms with Crippen molar-refractivity contribution in [3.05, 3.63) is 52.5 Å². The molecule has 1 unspecified atom stereocenters. The highest BCUT2D eigenvalue weighted by Gasteiger charge is 2.38. The summed E-state index contributed by atoms with van der Waals surface area (Å²) in [6.45, 7) is 9.18. The normalized spacial score (nSPS) is 12.8. The Morgan fingerprint density at radius 3 is 2.39 bits per heavy atom. The number of benzene rings is 2. The number of carbonyl (C=O) groups excluding carboxylic acids is 2. The lowest BCUT2D eigenvalue weighted by molar-refractivity contribution is -0.135. The maximum atomic E-state index is 13.2. The molecule has 2 aromatic carbocycles. The zero-order valence-electron chi connectivity index (χ0n) is 16.6. The number of hydrogen-bond acceptors (Lipinski definition) is 4. The van der Waals surface area contributed by atoms with Crippen LogP contribution < -0.4 is 5.32 Å². The van der Waals surface area contributed by atoms with Crippen LogP contribution in [0.5, 0.6) is 0 Å². The highest BCUT2D eigenvalue weighted by Crippen LogP contribution is 2.29. The van der Waals surface area contributed by atoms with E-state index in [9.17, 15) is 9.59 Å². The largest absolute Gasteiger partial charge is 0.322 e. The van der Waals surface area contributed by atoms with Crippen LogP contribution in [0, 0.1) is 19.3 Å². The first-order valence-electron chi connectivity index (χ1n) is 9.01. The fraction of sp³-hybridized carbons (Fsp3) is 0.333. The molecule has 3 aromatic rings. The molecule has 7 heteroatoms. The van der Waals surface area contributed by atoms with E-state index in [4.69, 9.17) is 11.6 Å². The first-order valence-corrected chi connectivity index (χ1v) is 9.38. The van der Waals surface area contributed by atoms with Gasteiger partial charge in [-0.1, -0.05) is 49.7 Å². The Labute approximate surface area is 168 Å². The summed E-state index contributed by atoms with van der Waals surface area (Å²) < 4.78 is 1.39. The van der Waals surface area contributed by atoms with Gasteiger partial charge in [0.1, 0.15) is 5.52 Å². The van der Waals surface area contributed by atoms with Crippen molar-refractivity contribution in [2.24, 2.45) is 5.41 Å². The lowest BCUT2D eigenvalue weighted by atomic mass is 9.86. The molecule has 0 spiro atoms. The number of amides is 1. The maximum absolute atomic E-state index is 13.2. The highest BCUT2D eigenvalue weighted by molar-refractivity contribution is 6.34. The van der Waals surface area contributed by atoms with E-state index >= 15 is 0 Å². The van der Waals surface area contributed by atoms with Gasteiger partial charge in [-0.2, -0.15) is 0 Å². The standard InChI is InChI=1S/C21H23ClN4O2/c1-12-6-8-14(22)15(10-12)23-20(28)18(19(27)21(3,4)5)26-17-9-7-13(2)11-16(17)24-25-26/h6-11,18H,1-5H3,(H,23,28). The molecule has 1 amide bonds. The number of aromatic nitrogens is 3. The highest BCUT2D eigenvalue weighted by atomic mass is 35.5. The molecule has 0 aliphatic rings. The summed E-state index contributed by atoms with van der Waals surface area (Å²) in [5, 5.41) is 11.5. The molecule has 0 aliphatic heterocycles. The summed E-state index contributed by atoms with van der Waals surface area (Å²) in [6.07, 6.45) is 0. The third-order valence-corrected chi connectivity index (χ3v) is 4.82. The molecule has 146 valence electrons. The summed E-state index contributed by atoms with van der Waals surface area (Å²) >= 11 is 6.22. The number of anilines is 1. The van der Waals surface area contributed by atoms with Crippen LogP contribution in [0.4, 0.5) is 5.69 Å². The molecule has 0 saturated carbocycles. The van der Waals surface area contributed by atoms with Gasteiger partial charge in [-0.3, -0.25) is 9.59 Å². The van der Waals surface area contributed by atoms with E-state index in [0.29, 0.717) is 21.7 Å². The second-order valence-corrected chi connectivity index (χ2v) is 8.42. The molecule has 1 heterocycles. The van der Waals surface area contributed by atoms with Crippen molar-refractivity contribution >= 4 is 40.0 Å². The predicted molar refractivity (Wildman–Crippen MR) is 111 cm³/mol. The smallest absolute Gasteiger partial charge is 0.257 e. The summed E-state index contributed by atoms with van der Waals surface area (Å²) in [5.41, 5.74) is 2.93. The average Bonchev–Trinajstić information content (AvgIpc) is 3.00. The fourth-order valence-corrected chi connectivity index (χ4v) is 3.09. The van der Waals surface area contributed by atoms with Crippen molar-refractivity contribution in [3.63, 3.8) is 0 Å². The number of hydrogen-bond donors (Lipinski definition) is 1. The molecule has 0 saturated heterocycles. The van der Waals surface area contributed by atoms with E-state index in [2.05, 4.69) is 15.6 Å². The summed E-state index contributed by atoms with van der Waals surface area (Å²) in [7, 11) is 0. The molecule has 3 rings (SSSR count). The van der Waals surface area contributed by atoms with Crippen LogP contribution in [0.25, 0.3) is 11.0 Å². The number of fused-ring (bicyclic) bond motifs is 1. The Morgan fingerprint density at radius 1 is 1.07 bits per heavy atom. The Hall–Kier alpha value is -2.73. The number of rotatable bonds is 4. The number of nitrogens with one attached hydrogen (secondary N) is 1. The van der Waals surface area contributed by atoms with Crippen LogP contribution in [-0.4, -0.2) is 26.7 Å². The number of carbonyl (C=O) groups is 2. The van der Waals surface area contributed by atoms with Crippen molar-refractivity contribution in [3.8, 4) is 0 Å². The zero-order chi connectivity index (χ0) is 20.6. The van der Waals surface area contributed by atoms with Gasteiger partial charge in [-0.25, -0.2) is 4.68 Å². The van der Waals surface area contributed by atoms with Gasteiger partial charge in [0, 0.05) is 5.41 Å². The van der Waals surface area contributed by atoms with E-state index in [1.54, 1.807) is 32.9 Å². The SMILES string of the molecule is Cc1ccc(Cl)c(NC(=O)C(C(=O)C(C)(C)C)n2nnc3cc(C)ccc32)c1. The van der Waals surface area contributed by atoms with Gasteiger partial charge < -0.3 is 5.32 Å². The molecule has 28 heavy (non-hydrogen) atoms. The van der Waals surface area contributed by atoms with Gasteiger partial charge in [-0.15, -0.1) is 5.10 Å². The maximum Gasteiger partial charge on any atom is 0.257 e. The molecule has 0 radical (unpaired) electrons. The van der Waals surface area contributed by atoms with Crippen molar-refractivity contribution in [1.29, 1.82) is 0 Å². The van der Waals surface area contributed by atoms with Crippen LogP contribution >= 0.6 is 11.6 Å². The van der Waals surface area contributed by atoms with Gasteiger partial charge >= 0.3 is 0 Å². The van der Waals surface area contributed by atoms with E-state index in [1.807, 2.05) is 38.1 Å². The molecule has 1 atom stereocenters. The molecular formula is C21H23ClN4O2. The quantitative estimate of drug-likeness (QED) is 0.656. The molecule has 6 nitrogen and oxygen atoms in total. The van der Waals surface area contributed by atoms with Gasteiger partial charge in [0.05, 0.1) is 16.2 Å². The number of Topliss-reactive ketones (excluding diaryl/α,β-unsaturated/α-hetero) is 1. The summed E-state index contributed by atoms with van der Waals surface area (Å²) in [6, 6.07) is 9.75. The monoisotopic (exact) mass is 398 g/mol. The number of aryl methyl sites for hydroxylation is 2. The molecule has 0 fully saturated rings. The van der Waals surface area contributed by atoms with Crippen LogP contribution in [0.15, 0.2) is 36.4 Å². The van der Waals surface area contributed by atoms with E-state index < -0.39 is 17.4 Å². The van der Waals surface area contributed by atoms with Crippen LogP contribution in [-0.2, 0) is 9.59 Å². The third kappa shape index (κ3) is 3.92. The first-order chi connectivity index (χ1) is 13.1. The first kappa shape index (κ1) is 20.0. The second-order valence-electron chi connectivity index (χ2n) is 8.02. The van der Waals surface area contributed by atoms with Crippen LogP contribution in [0.2, 0.25) is 5.02 Å². The average molecular weight is 399 g/mol. The number of nitrogens with zero attached hydrogens (tertiary/aromatic N) is 3. The van der Waals surface area contributed by atoms with Crippen LogP contribution in [0.1, 0.15) is 37.9 Å². The van der Waals surface area contributed by atoms with E-state index in [-0.39, 0.29) is 5.78 Å². The third-order valence-electron chi connectivity index (χ3n) is 4.49. The summed E-state index contributed by atoms with van der Waals surface area (Å²) in [4.78, 5) is 26.4. The molecule has 1 N–H and O–H groups in total. The van der Waals surface area contributed by atoms with Gasteiger partial charge in [-0.05, 0) is 49.2 Å². The minimum absolute atomic E-state index is 0.263. The Kier molecular flexibility index (Phi) is 5.26. The number of halogens is 1. The van der Waals surface area contributed by atoms with E-state index in [0.717, 1.165) is 11.1 Å². The van der Waals surface area contributed by atoms with Crippen molar-refractivity contribution in [1.82, 2.24) is 15.0 Å². The van der Waals surface area contributed by atoms with Crippen LogP contribution in [0.3, 0.4) is 0 Å². The fourth-order valence-electron chi connectivity index (χ4n) is 2.93. The lowest BCUT2D eigenvalue weighted by Crippen LogP contribution is -2.39. The van der Waals surface area contributed by atoms with Gasteiger partial charge in [0.15, 0.2) is 11.8 Å².